The van der Waals surface area contributed by atoms with Crippen molar-refractivity contribution in [3.8, 4) is 0 Å². The van der Waals surface area contributed by atoms with Gasteiger partial charge in [-0.15, -0.1) is 0 Å². The summed E-state index contributed by atoms with van der Waals surface area (Å²) < 4.78 is 2.38. The van der Waals surface area contributed by atoms with E-state index in [-0.39, 0.29) is 5.56 Å². The third-order valence-corrected chi connectivity index (χ3v) is 4.54. The number of anilines is 2. The number of rotatable bonds is 4. The fraction of sp³-hybridized carbons (Fsp3) is 0.158. The van der Waals surface area contributed by atoms with E-state index >= 15 is 0 Å². The number of nitrogens with zero attached hydrogens (tertiary/aromatic N) is 2. The zero-order chi connectivity index (χ0) is 17.1. The SMILES string of the molecule is Cc1cccc(Nc2nc(=O)c(Br)cn2Cc2ccccc2)c1C. The number of aryl methyl sites for hydroxylation is 1. The molecule has 1 aromatic heterocycles. The molecule has 0 aliphatic heterocycles. The van der Waals surface area contributed by atoms with Crippen LogP contribution in [0.5, 0.6) is 0 Å². The minimum atomic E-state index is -0.285. The van der Waals surface area contributed by atoms with Gasteiger partial charge >= 0.3 is 0 Å². The molecule has 4 nitrogen and oxygen atoms in total. The summed E-state index contributed by atoms with van der Waals surface area (Å²) in [5, 5.41) is 3.30. The highest BCUT2D eigenvalue weighted by atomic mass is 79.9. The first kappa shape index (κ1) is 16.5. The van der Waals surface area contributed by atoms with Crippen molar-refractivity contribution >= 4 is 27.6 Å². The summed E-state index contributed by atoms with van der Waals surface area (Å²) in [4.78, 5) is 16.2. The first-order valence-corrected chi connectivity index (χ1v) is 8.48. The smallest absolute Gasteiger partial charge is 0.288 e. The molecular weight excluding hydrogens is 366 g/mol. The summed E-state index contributed by atoms with van der Waals surface area (Å²) in [7, 11) is 0. The number of halogens is 1. The average Bonchev–Trinajstić information content (AvgIpc) is 2.57. The maximum absolute atomic E-state index is 12.0. The van der Waals surface area contributed by atoms with Crippen LogP contribution in [-0.2, 0) is 6.54 Å². The highest BCUT2D eigenvalue weighted by Crippen LogP contribution is 2.22. The number of nitrogens with one attached hydrogen (secondary N) is 1. The zero-order valence-electron chi connectivity index (χ0n) is 13.6. The van der Waals surface area contributed by atoms with Crippen molar-refractivity contribution in [1.82, 2.24) is 9.55 Å². The topological polar surface area (TPSA) is 46.9 Å². The lowest BCUT2D eigenvalue weighted by Gasteiger charge is -2.16. The van der Waals surface area contributed by atoms with Crippen LogP contribution in [-0.4, -0.2) is 9.55 Å². The van der Waals surface area contributed by atoms with Crippen LogP contribution in [0.25, 0.3) is 0 Å². The molecule has 1 heterocycles. The summed E-state index contributed by atoms with van der Waals surface area (Å²) in [5.74, 6) is 0.528. The van der Waals surface area contributed by atoms with Crippen molar-refractivity contribution in [2.45, 2.75) is 20.4 Å². The largest absolute Gasteiger partial charge is 0.325 e. The molecule has 0 unspecified atom stereocenters. The van der Waals surface area contributed by atoms with Crippen LogP contribution in [0, 0.1) is 13.8 Å². The maximum atomic E-state index is 12.0. The molecule has 3 aromatic rings. The molecule has 0 saturated carbocycles. The average molecular weight is 384 g/mol. The van der Waals surface area contributed by atoms with Crippen LogP contribution in [0.2, 0.25) is 0 Å². The standard InChI is InChI=1S/C19H18BrN3O/c1-13-7-6-10-17(14(13)2)21-19-22-18(24)16(20)12-23(19)11-15-8-4-3-5-9-15/h3-10,12H,11H2,1-2H3,(H,21,22,24). The quantitative estimate of drug-likeness (QED) is 0.725. The molecule has 122 valence electrons. The van der Waals surface area contributed by atoms with Crippen molar-refractivity contribution in [2.24, 2.45) is 0 Å². The molecule has 0 fully saturated rings. The van der Waals surface area contributed by atoms with Gasteiger partial charge in [-0.25, -0.2) is 0 Å². The van der Waals surface area contributed by atoms with E-state index in [9.17, 15) is 4.79 Å². The van der Waals surface area contributed by atoms with Crippen molar-refractivity contribution in [1.29, 1.82) is 0 Å². The molecule has 0 bridgehead atoms. The Morgan fingerprint density at radius 3 is 2.58 bits per heavy atom. The summed E-state index contributed by atoms with van der Waals surface area (Å²) in [6, 6.07) is 16.1. The molecule has 1 N–H and O–H groups in total. The van der Waals surface area contributed by atoms with Crippen molar-refractivity contribution in [3.05, 3.63) is 86.2 Å². The summed E-state index contributed by atoms with van der Waals surface area (Å²) in [5.41, 5.74) is 4.13. The molecule has 2 aromatic carbocycles. The number of hydrogen-bond acceptors (Lipinski definition) is 3. The molecule has 0 spiro atoms. The zero-order valence-corrected chi connectivity index (χ0v) is 15.2. The Labute approximate surface area is 149 Å². The Balaban J connectivity index is 2.01. The second kappa shape index (κ2) is 7.01. The lowest BCUT2D eigenvalue weighted by atomic mass is 10.1. The highest BCUT2D eigenvalue weighted by molar-refractivity contribution is 9.10. The number of aromatic nitrogens is 2. The normalized spacial score (nSPS) is 10.6. The van der Waals surface area contributed by atoms with E-state index in [0.29, 0.717) is 17.0 Å². The minimum Gasteiger partial charge on any atom is -0.325 e. The maximum Gasteiger partial charge on any atom is 0.288 e. The Kier molecular flexibility index (Phi) is 4.81. The predicted octanol–water partition coefficient (Wildman–Crippen LogP) is 4.41. The fourth-order valence-corrected chi connectivity index (χ4v) is 2.81. The van der Waals surface area contributed by atoms with E-state index in [1.165, 1.54) is 5.56 Å². The monoisotopic (exact) mass is 383 g/mol. The van der Waals surface area contributed by atoms with Gasteiger partial charge in [-0.2, -0.15) is 4.98 Å². The Morgan fingerprint density at radius 1 is 1.08 bits per heavy atom. The lowest BCUT2D eigenvalue weighted by Crippen LogP contribution is -2.18. The van der Waals surface area contributed by atoms with E-state index in [1.54, 1.807) is 6.20 Å². The molecule has 24 heavy (non-hydrogen) atoms. The van der Waals surface area contributed by atoms with Crippen LogP contribution in [0.1, 0.15) is 16.7 Å². The summed E-state index contributed by atoms with van der Waals surface area (Å²) >= 11 is 3.28. The van der Waals surface area contributed by atoms with Crippen LogP contribution in [0.3, 0.4) is 0 Å². The number of hydrogen-bond donors (Lipinski definition) is 1. The molecule has 0 atom stereocenters. The second-order valence-electron chi connectivity index (χ2n) is 5.70. The van der Waals surface area contributed by atoms with Gasteiger partial charge in [-0.05, 0) is 52.5 Å². The summed E-state index contributed by atoms with van der Waals surface area (Å²) in [6.45, 7) is 4.74. The van der Waals surface area contributed by atoms with Crippen LogP contribution < -0.4 is 10.9 Å². The third-order valence-electron chi connectivity index (χ3n) is 4.00. The van der Waals surface area contributed by atoms with E-state index < -0.39 is 0 Å². The van der Waals surface area contributed by atoms with Gasteiger partial charge in [0, 0.05) is 11.9 Å². The fourth-order valence-electron chi connectivity index (χ4n) is 2.47. The second-order valence-corrected chi connectivity index (χ2v) is 6.56. The van der Waals surface area contributed by atoms with E-state index in [0.717, 1.165) is 16.8 Å². The van der Waals surface area contributed by atoms with Crippen molar-refractivity contribution in [2.75, 3.05) is 5.32 Å². The number of benzene rings is 2. The summed E-state index contributed by atoms with van der Waals surface area (Å²) in [6.07, 6.45) is 1.77. The van der Waals surface area contributed by atoms with Crippen LogP contribution >= 0.6 is 15.9 Å². The van der Waals surface area contributed by atoms with E-state index in [4.69, 9.17) is 0 Å². The van der Waals surface area contributed by atoms with Gasteiger partial charge in [0.15, 0.2) is 0 Å². The molecule has 0 saturated heterocycles. The van der Waals surface area contributed by atoms with E-state index in [1.807, 2.05) is 47.0 Å². The van der Waals surface area contributed by atoms with Crippen molar-refractivity contribution in [3.63, 3.8) is 0 Å². The molecule has 0 radical (unpaired) electrons. The Morgan fingerprint density at radius 2 is 1.83 bits per heavy atom. The molecule has 3 rings (SSSR count). The first-order chi connectivity index (χ1) is 11.5. The molecule has 5 heteroatoms. The molecule has 0 aliphatic carbocycles. The molecular formula is C19H18BrN3O. The van der Waals surface area contributed by atoms with Crippen molar-refractivity contribution < 1.29 is 0 Å². The first-order valence-electron chi connectivity index (χ1n) is 7.69. The van der Waals surface area contributed by atoms with Gasteiger partial charge in [0.25, 0.3) is 5.56 Å². The van der Waals surface area contributed by atoms with E-state index in [2.05, 4.69) is 46.1 Å². The highest BCUT2D eigenvalue weighted by Gasteiger charge is 2.09. The Bertz CT molecular complexity index is 920. The van der Waals surface area contributed by atoms with Crippen LogP contribution in [0.4, 0.5) is 11.6 Å². The minimum absolute atomic E-state index is 0.285. The molecule has 0 amide bonds. The van der Waals surface area contributed by atoms with Gasteiger partial charge in [-0.3, -0.25) is 4.79 Å². The lowest BCUT2D eigenvalue weighted by molar-refractivity contribution is 0.768. The third kappa shape index (κ3) is 3.57. The van der Waals surface area contributed by atoms with Gasteiger partial charge in [-0.1, -0.05) is 42.5 Å². The van der Waals surface area contributed by atoms with Gasteiger partial charge < -0.3 is 9.88 Å². The predicted molar refractivity (Wildman–Crippen MR) is 101 cm³/mol. The van der Waals surface area contributed by atoms with Gasteiger partial charge in [0.1, 0.15) is 4.47 Å². The van der Waals surface area contributed by atoms with Crippen LogP contribution in [0.15, 0.2) is 64.0 Å². The Hall–Kier alpha value is -2.40. The molecule has 0 aliphatic rings. The van der Waals surface area contributed by atoms with Gasteiger partial charge in [0.05, 0.1) is 6.54 Å². The van der Waals surface area contributed by atoms with Gasteiger partial charge in [0.2, 0.25) is 5.95 Å².